The monoisotopic (exact) mass is 378 g/mol. The molecule has 3 rings (SSSR count). The van der Waals surface area contributed by atoms with Crippen molar-refractivity contribution in [1.82, 2.24) is 0 Å². The number of halogens is 3. The summed E-state index contributed by atoms with van der Waals surface area (Å²) in [5.41, 5.74) is 0.131. The Kier molecular flexibility index (Phi) is 5.70. The molecule has 0 aromatic heterocycles. The van der Waals surface area contributed by atoms with Crippen molar-refractivity contribution in [2.45, 2.75) is 19.1 Å². The molecule has 1 atom stereocenters. The fourth-order valence-corrected chi connectivity index (χ4v) is 3.39. The minimum absolute atomic E-state index is 0.191. The number of anilines is 2. The Labute approximate surface area is 156 Å². The second-order valence-corrected chi connectivity index (χ2v) is 6.74. The summed E-state index contributed by atoms with van der Waals surface area (Å²) >= 11 is 0. The third-order valence-corrected chi connectivity index (χ3v) is 5.02. The second kappa shape index (κ2) is 8.00. The highest BCUT2D eigenvalue weighted by Gasteiger charge is 2.35. The predicted octanol–water partition coefficient (Wildman–Crippen LogP) is 2.44. The van der Waals surface area contributed by atoms with Gasteiger partial charge in [-0.2, -0.15) is 13.2 Å². The first-order chi connectivity index (χ1) is 12.9. The lowest BCUT2D eigenvalue weighted by molar-refractivity contribution is -0.914. The van der Waals surface area contributed by atoms with E-state index in [1.165, 1.54) is 18.2 Å². The first-order valence-electron chi connectivity index (χ1n) is 8.98. The summed E-state index contributed by atoms with van der Waals surface area (Å²) in [6.07, 6.45) is -4.50. The molecule has 1 aliphatic rings. The summed E-state index contributed by atoms with van der Waals surface area (Å²) in [6.45, 7) is 4.88. The molecular formula is C20H23F3N3O+. The molecule has 2 aromatic rings. The summed E-state index contributed by atoms with van der Waals surface area (Å²) in [5, 5.41) is 2.46. The molecule has 2 N–H and O–H groups in total. The van der Waals surface area contributed by atoms with Gasteiger partial charge in [0, 0.05) is 5.69 Å². The van der Waals surface area contributed by atoms with Gasteiger partial charge in [0.25, 0.3) is 5.91 Å². The number of hydrogen-bond donors (Lipinski definition) is 2. The maximum absolute atomic E-state index is 13.1. The van der Waals surface area contributed by atoms with Gasteiger partial charge >= 0.3 is 6.18 Å². The highest BCUT2D eigenvalue weighted by Crippen LogP contribution is 2.34. The maximum Gasteiger partial charge on any atom is 0.418 e. The van der Waals surface area contributed by atoms with E-state index < -0.39 is 23.7 Å². The molecule has 0 radical (unpaired) electrons. The molecule has 1 amide bonds. The van der Waals surface area contributed by atoms with Crippen LogP contribution in [0.25, 0.3) is 0 Å². The minimum atomic E-state index is -4.50. The van der Waals surface area contributed by atoms with Crippen molar-refractivity contribution in [1.29, 1.82) is 0 Å². The van der Waals surface area contributed by atoms with E-state index in [-0.39, 0.29) is 5.69 Å². The number of rotatable bonds is 4. The van der Waals surface area contributed by atoms with Gasteiger partial charge in [0.2, 0.25) is 0 Å². The summed E-state index contributed by atoms with van der Waals surface area (Å²) in [4.78, 5) is 15.9. The van der Waals surface area contributed by atoms with Crippen molar-refractivity contribution in [3.8, 4) is 0 Å². The summed E-state index contributed by atoms with van der Waals surface area (Å²) in [7, 11) is 0. The van der Waals surface area contributed by atoms with E-state index in [0.29, 0.717) is 0 Å². The minimum Gasteiger partial charge on any atom is -0.360 e. The zero-order valence-electron chi connectivity index (χ0n) is 15.1. The Bertz CT molecular complexity index is 772. The number of nitrogens with zero attached hydrogens (tertiary/aromatic N) is 1. The zero-order chi connectivity index (χ0) is 19.4. The Morgan fingerprint density at radius 3 is 2.26 bits per heavy atom. The Hall–Kier alpha value is -2.54. The first-order valence-corrected chi connectivity index (χ1v) is 8.98. The van der Waals surface area contributed by atoms with E-state index in [1.807, 2.05) is 18.2 Å². The largest absolute Gasteiger partial charge is 0.418 e. The zero-order valence-corrected chi connectivity index (χ0v) is 15.1. The van der Waals surface area contributed by atoms with Crippen LogP contribution in [0.4, 0.5) is 24.5 Å². The molecule has 0 spiro atoms. The molecule has 1 heterocycles. The third-order valence-electron chi connectivity index (χ3n) is 5.02. The molecule has 0 unspecified atom stereocenters. The molecule has 7 heteroatoms. The van der Waals surface area contributed by atoms with Crippen LogP contribution in [0.5, 0.6) is 0 Å². The van der Waals surface area contributed by atoms with E-state index >= 15 is 0 Å². The number of para-hydroxylation sites is 2. The summed E-state index contributed by atoms with van der Waals surface area (Å²) in [6, 6.07) is 14.7. The number of carbonyl (C=O) groups is 1. The van der Waals surface area contributed by atoms with Gasteiger partial charge in [-0.15, -0.1) is 0 Å². The Morgan fingerprint density at radius 1 is 1.04 bits per heavy atom. The standard InChI is InChI=1S/C20H22F3N3O/c1-15(19(27)24-18-10-6-5-9-17(18)20(21,22)23)25-11-13-26(14-12-25)16-7-3-2-4-8-16/h2-10,15H,11-14H2,1H3,(H,24,27)/p+1/t15-/m1/s1. The van der Waals surface area contributed by atoms with Crippen LogP contribution in [0, 0.1) is 0 Å². The summed E-state index contributed by atoms with van der Waals surface area (Å²) < 4.78 is 39.3. The van der Waals surface area contributed by atoms with Gasteiger partial charge in [-0.25, -0.2) is 0 Å². The molecule has 27 heavy (non-hydrogen) atoms. The molecule has 0 aliphatic carbocycles. The van der Waals surface area contributed by atoms with Crippen LogP contribution in [0.2, 0.25) is 0 Å². The Morgan fingerprint density at radius 2 is 1.63 bits per heavy atom. The first kappa shape index (κ1) is 19.2. The third kappa shape index (κ3) is 4.60. The maximum atomic E-state index is 13.1. The van der Waals surface area contributed by atoms with Crippen molar-refractivity contribution in [3.05, 3.63) is 60.2 Å². The van der Waals surface area contributed by atoms with Crippen LogP contribution in [0.1, 0.15) is 12.5 Å². The lowest BCUT2D eigenvalue weighted by atomic mass is 10.1. The highest BCUT2D eigenvalue weighted by molar-refractivity contribution is 5.94. The van der Waals surface area contributed by atoms with E-state index in [0.717, 1.165) is 42.8 Å². The second-order valence-electron chi connectivity index (χ2n) is 6.74. The molecule has 1 saturated heterocycles. The lowest BCUT2D eigenvalue weighted by Gasteiger charge is -2.36. The van der Waals surface area contributed by atoms with E-state index in [2.05, 4.69) is 22.3 Å². The fraction of sp³-hybridized carbons (Fsp3) is 0.350. The van der Waals surface area contributed by atoms with E-state index in [1.54, 1.807) is 6.92 Å². The SMILES string of the molecule is C[C@H](C(=O)Nc1ccccc1C(F)(F)F)[NH+]1CCN(c2ccccc2)CC1. The molecule has 2 aromatic carbocycles. The van der Waals surface area contributed by atoms with Crippen LogP contribution in [0.3, 0.4) is 0 Å². The van der Waals surface area contributed by atoms with Gasteiger partial charge in [0.05, 0.1) is 37.4 Å². The van der Waals surface area contributed by atoms with Gasteiger partial charge in [0.15, 0.2) is 6.04 Å². The highest BCUT2D eigenvalue weighted by atomic mass is 19.4. The number of nitrogens with one attached hydrogen (secondary N) is 2. The fourth-order valence-electron chi connectivity index (χ4n) is 3.39. The molecule has 1 fully saturated rings. The van der Waals surface area contributed by atoms with Crippen LogP contribution < -0.4 is 15.1 Å². The van der Waals surface area contributed by atoms with Crippen LogP contribution in [0.15, 0.2) is 54.6 Å². The number of alkyl halides is 3. The smallest absolute Gasteiger partial charge is 0.360 e. The van der Waals surface area contributed by atoms with Crippen LogP contribution in [-0.4, -0.2) is 38.1 Å². The lowest BCUT2D eigenvalue weighted by Crippen LogP contribution is -3.19. The van der Waals surface area contributed by atoms with Gasteiger partial charge < -0.3 is 15.1 Å². The van der Waals surface area contributed by atoms with Crippen molar-refractivity contribution < 1.29 is 22.9 Å². The topological polar surface area (TPSA) is 36.8 Å². The Balaban J connectivity index is 1.61. The molecule has 0 saturated carbocycles. The number of amides is 1. The van der Waals surface area contributed by atoms with E-state index in [4.69, 9.17) is 0 Å². The average molecular weight is 378 g/mol. The van der Waals surface area contributed by atoms with Gasteiger partial charge in [-0.1, -0.05) is 30.3 Å². The van der Waals surface area contributed by atoms with Gasteiger partial charge in [-0.3, -0.25) is 4.79 Å². The molecule has 0 bridgehead atoms. The molecule has 1 aliphatic heterocycles. The van der Waals surface area contributed by atoms with Crippen LogP contribution in [-0.2, 0) is 11.0 Å². The van der Waals surface area contributed by atoms with Crippen molar-refractivity contribution in [2.24, 2.45) is 0 Å². The van der Waals surface area contributed by atoms with Crippen molar-refractivity contribution in [3.63, 3.8) is 0 Å². The normalized spacial score (nSPS) is 16.8. The number of benzene rings is 2. The van der Waals surface area contributed by atoms with Gasteiger partial charge in [-0.05, 0) is 31.2 Å². The summed E-state index contributed by atoms with van der Waals surface area (Å²) in [5.74, 6) is -0.394. The number of hydrogen-bond acceptors (Lipinski definition) is 2. The van der Waals surface area contributed by atoms with E-state index in [9.17, 15) is 18.0 Å². The number of quaternary nitrogens is 1. The molecule has 4 nitrogen and oxygen atoms in total. The number of carbonyl (C=O) groups excluding carboxylic acids is 1. The predicted molar refractivity (Wildman–Crippen MR) is 98.9 cm³/mol. The van der Waals surface area contributed by atoms with Crippen molar-refractivity contribution in [2.75, 3.05) is 36.4 Å². The molecule has 144 valence electrons. The number of piperazine rings is 1. The molecular weight excluding hydrogens is 355 g/mol. The van der Waals surface area contributed by atoms with Crippen molar-refractivity contribution >= 4 is 17.3 Å². The van der Waals surface area contributed by atoms with Gasteiger partial charge in [0.1, 0.15) is 0 Å². The van der Waals surface area contributed by atoms with Crippen LogP contribution >= 0.6 is 0 Å². The average Bonchev–Trinajstić information content (AvgIpc) is 2.68. The quantitative estimate of drug-likeness (QED) is 0.858.